The summed E-state index contributed by atoms with van der Waals surface area (Å²) in [4.78, 5) is 25.5. The molecule has 218 valence electrons. The summed E-state index contributed by atoms with van der Waals surface area (Å²) in [6, 6.07) is 17.9. The Kier molecular flexibility index (Phi) is 8.90. The van der Waals surface area contributed by atoms with Crippen LogP contribution in [0.5, 0.6) is 5.75 Å². The summed E-state index contributed by atoms with van der Waals surface area (Å²) in [6.07, 6.45) is -1.75. The summed E-state index contributed by atoms with van der Waals surface area (Å²) in [7, 11) is 0. The summed E-state index contributed by atoms with van der Waals surface area (Å²) in [5, 5.41) is 13.2. The van der Waals surface area contributed by atoms with Crippen molar-refractivity contribution in [2.75, 3.05) is 36.5 Å². The standard InChI is InChI=1S/C26H22ClN5O2S.C2HF3O2/c27-21-13-17(4-7-22(21)34-15-18-3-1-2-8-28-18)31-25-24-20-6-5-19(32-9-11-33-12-10-32)14-23(20)35-26(24)30-16-29-25;3-2(4,5)1(6)7/h1-8,13-14,16H,9-12,15H2,(H,29,30,31);(H,6,7). The molecule has 5 aromatic rings. The number of ether oxygens (including phenoxy) is 2. The molecule has 6 rings (SSSR count). The van der Waals surface area contributed by atoms with Crippen LogP contribution in [0.15, 0.2) is 67.1 Å². The highest BCUT2D eigenvalue weighted by molar-refractivity contribution is 7.25. The molecule has 9 nitrogen and oxygen atoms in total. The van der Waals surface area contributed by atoms with Crippen molar-refractivity contribution in [2.45, 2.75) is 12.8 Å². The maximum Gasteiger partial charge on any atom is 0.490 e. The number of carbonyl (C=O) groups is 1. The highest BCUT2D eigenvalue weighted by atomic mass is 35.5. The number of aromatic nitrogens is 3. The van der Waals surface area contributed by atoms with Crippen molar-refractivity contribution in [2.24, 2.45) is 0 Å². The van der Waals surface area contributed by atoms with Crippen LogP contribution in [0.3, 0.4) is 0 Å². The maximum atomic E-state index is 10.6. The van der Waals surface area contributed by atoms with Crippen LogP contribution in [0.1, 0.15) is 5.69 Å². The number of morpholine rings is 1. The Morgan fingerprint density at radius 2 is 1.88 bits per heavy atom. The predicted octanol–water partition coefficient (Wildman–Crippen LogP) is 6.69. The van der Waals surface area contributed by atoms with Gasteiger partial charge >= 0.3 is 12.1 Å². The zero-order chi connectivity index (χ0) is 29.7. The van der Waals surface area contributed by atoms with Gasteiger partial charge in [-0.05, 0) is 42.5 Å². The molecule has 0 radical (unpaired) electrons. The number of benzene rings is 2. The second-order valence-electron chi connectivity index (χ2n) is 8.97. The van der Waals surface area contributed by atoms with Crippen LogP contribution in [-0.2, 0) is 16.1 Å². The molecule has 1 aliphatic heterocycles. The van der Waals surface area contributed by atoms with E-state index in [0.717, 1.165) is 59.1 Å². The molecule has 14 heteroatoms. The number of nitrogens with one attached hydrogen (secondary N) is 1. The number of anilines is 3. The molecule has 0 aliphatic carbocycles. The summed E-state index contributed by atoms with van der Waals surface area (Å²) >= 11 is 8.19. The number of aliphatic carboxylic acids is 1. The van der Waals surface area contributed by atoms with Crippen LogP contribution in [0, 0.1) is 0 Å². The Hall–Kier alpha value is -4.20. The second-order valence-corrected chi connectivity index (χ2v) is 10.4. The number of halogens is 4. The zero-order valence-corrected chi connectivity index (χ0v) is 23.3. The minimum atomic E-state index is -5.08. The molecule has 3 aromatic heterocycles. The van der Waals surface area contributed by atoms with Crippen molar-refractivity contribution in [1.82, 2.24) is 15.0 Å². The third-order valence-electron chi connectivity index (χ3n) is 6.17. The van der Waals surface area contributed by atoms with Gasteiger partial charge in [0.15, 0.2) is 0 Å². The summed E-state index contributed by atoms with van der Waals surface area (Å²) in [5.41, 5.74) is 2.88. The van der Waals surface area contributed by atoms with Gasteiger partial charge in [-0.1, -0.05) is 23.7 Å². The van der Waals surface area contributed by atoms with Gasteiger partial charge in [0.25, 0.3) is 0 Å². The van der Waals surface area contributed by atoms with E-state index in [0.29, 0.717) is 17.4 Å². The molecule has 0 bridgehead atoms. The minimum Gasteiger partial charge on any atom is -0.486 e. The van der Waals surface area contributed by atoms with Crippen LogP contribution in [0.4, 0.5) is 30.4 Å². The lowest BCUT2D eigenvalue weighted by Gasteiger charge is -2.28. The van der Waals surface area contributed by atoms with Crippen LogP contribution in [-0.4, -0.2) is 58.5 Å². The van der Waals surface area contributed by atoms with Gasteiger partial charge in [0.2, 0.25) is 0 Å². The van der Waals surface area contributed by atoms with E-state index in [4.69, 9.17) is 31.0 Å². The quantitative estimate of drug-likeness (QED) is 0.215. The molecule has 0 atom stereocenters. The molecular weight excluding hydrogens is 595 g/mol. The predicted molar refractivity (Wildman–Crippen MR) is 155 cm³/mol. The highest BCUT2D eigenvalue weighted by Gasteiger charge is 2.38. The monoisotopic (exact) mass is 617 g/mol. The molecule has 0 spiro atoms. The lowest BCUT2D eigenvalue weighted by Crippen LogP contribution is -2.36. The molecule has 0 unspecified atom stereocenters. The topological polar surface area (TPSA) is 110 Å². The molecule has 2 aromatic carbocycles. The van der Waals surface area contributed by atoms with E-state index >= 15 is 0 Å². The first-order valence-corrected chi connectivity index (χ1v) is 13.8. The van der Waals surface area contributed by atoms with Gasteiger partial charge in [0.1, 0.15) is 29.3 Å². The van der Waals surface area contributed by atoms with Crippen molar-refractivity contribution in [3.05, 3.63) is 77.8 Å². The molecule has 4 heterocycles. The van der Waals surface area contributed by atoms with Crippen molar-refractivity contribution in [3.8, 4) is 5.75 Å². The molecule has 1 aliphatic rings. The number of rotatable bonds is 6. The fourth-order valence-corrected chi connectivity index (χ4v) is 5.49. The number of carboxylic acids is 1. The zero-order valence-electron chi connectivity index (χ0n) is 21.8. The van der Waals surface area contributed by atoms with Gasteiger partial charge in [-0.2, -0.15) is 13.2 Å². The lowest BCUT2D eigenvalue weighted by atomic mass is 10.1. The Morgan fingerprint density at radius 1 is 1.10 bits per heavy atom. The van der Waals surface area contributed by atoms with Gasteiger partial charge in [-0.25, -0.2) is 14.8 Å². The molecule has 42 heavy (non-hydrogen) atoms. The van der Waals surface area contributed by atoms with Gasteiger partial charge in [-0.3, -0.25) is 4.98 Å². The number of alkyl halides is 3. The Bertz CT molecular complexity index is 1700. The van der Waals surface area contributed by atoms with Crippen molar-refractivity contribution >= 4 is 66.4 Å². The highest BCUT2D eigenvalue weighted by Crippen LogP contribution is 2.39. The van der Waals surface area contributed by atoms with E-state index < -0.39 is 12.1 Å². The van der Waals surface area contributed by atoms with E-state index in [-0.39, 0.29) is 0 Å². The third-order valence-corrected chi connectivity index (χ3v) is 7.52. The number of hydrogen-bond donors (Lipinski definition) is 2. The largest absolute Gasteiger partial charge is 0.490 e. The number of carboxylic acid groups (broad SMARTS) is 1. The van der Waals surface area contributed by atoms with E-state index in [1.807, 2.05) is 36.4 Å². The molecule has 2 N–H and O–H groups in total. The van der Waals surface area contributed by atoms with Crippen LogP contribution >= 0.6 is 22.9 Å². The fraction of sp³-hybridized carbons (Fsp3) is 0.214. The number of hydrogen-bond acceptors (Lipinski definition) is 9. The van der Waals surface area contributed by atoms with Gasteiger partial charge in [0.05, 0.1) is 29.3 Å². The van der Waals surface area contributed by atoms with E-state index in [9.17, 15) is 13.2 Å². The molecular formula is C28H23ClF3N5O4S. The van der Waals surface area contributed by atoms with E-state index in [2.05, 4.69) is 43.4 Å². The first-order valence-electron chi connectivity index (χ1n) is 12.6. The summed E-state index contributed by atoms with van der Waals surface area (Å²) < 4.78 is 44.3. The minimum absolute atomic E-state index is 0.354. The lowest BCUT2D eigenvalue weighted by molar-refractivity contribution is -0.192. The smallest absolute Gasteiger partial charge is 0.486 e. The fourth-order valence-electron chi connectivity index (χ4n) is 4.18. The van der Waals surface area contributed by atoms with Gasteiger partial charge in [0, 0.05) is 40.7 Å². The first-order chi connectivity index (χ1) is 20.2. The van der Waals surface area contributed by atoms with Crippen molar-refractivity contribution in [3.63, 3.8) is 0 Å². The maximum absolute atomic E-state index is 10.6. The number of fused-ring (bicyclic) bond motifs is 3. The summed E-state index contributed by atoms with van der Waals surface area (Å²) in [5.74, 6) is -1.40. The second kappa shape index (κ2) is 12.8. The van der Waals surface area contributed by atoms with Gasteiger partial charge in [-0.15, -0.1) is 11.3 Å². The first kappa shape index (κ1) is 29.3. The molecule has 0 saturated carbocycles. The van der Waals surface area contributed by atoms with Crippen molar-refractivity contribution < 1.29 is 32.5 Å². The Balaban J connectivity index is 0.000000451. The van der Waals surface area contributed by atoms with E-state index in [1.165, 1.54) is 10.4 Å². The number of nitrogens with zero attached hydrogens (tertiary/aromatic N) is 4. The molecule has 1 fully saturated rings. The normalized spacial score (nSPS) is 13.5. The van der Waals surface area contributed by atoms with Crippen LogP contribution < -0.4 is 15.0 Å². The molecule has 1 saturated heterocycles. The van der Waals surface area contributed by atoms with Gasteiger partial charge < -0.3 is 24.8 Å². The summed E-state index contributed by atoms with van der Waals surface area (Å²) in [6.45, 7) is 3.70. The SMILES string of the molecule is Clc1cc(Nc2ncnc3sc4cc(N5CCOCC5)ccc4c23)ccc1OCc1ccccn1.O=C(O)C(F)(F)F. The average Bonchev–Trinajstić information content (AvgIpc) is 3.36. The third kappa shape index (κ3) is 6.98. The Labute approximate surface area is 246 Å². The van der Waals surface area contributed by atoms with Crippen molar-refractivity contribution in [1.29, 1.82) is 0 Å². The van der Waals surface area contributed by atoms with Crippen LogP contribution in [0.2, 0.25) is 5.02 Å². The average molecular weight is 618 g/mol. The van der Waals surface area contributed by atoms with E-state index in [1.54, 1.807) is 23.9 Å². The van der Waals surface area contributed by atoms with Crippen LogP contribution in [0.25, 0.3) is 20.3 Å². The Morgan fingerprint density at radius 3 is 2.57 bits per heavy atom. The molecule has 0 amide bonds. The number of pyridine rings is 1. The number of thiophene rings is 1.